The van der Waals surface area contributed by atoms with E-state index in [0.717, 1.165) is 6.54 Å². The van der Waals surface area contributed by atoms with Crippen LogP contribution in [-0.4, -0.2) is 34.9 Å². The summed E-state index contributed by atoms with van der Waals surface area (Å²) in [5.41, 5.74) is 0.106. The highest BCUT2D eigenvalue weighted by molar-refractivity contribution is 5.93. The molecular weight excluding hydrogens is 224 g/mol. The van der Waals surface area contributed by atoms with Crippen LogP contribution in [-0.2, 0) is 0 Å². The summed E-state index contributed by atoms with van der Waals surface area (Å²) < 4.78 is 0. The number of nitro groups is 1. The summed E-state index contributed by atoms with van der Waals surface area (Å²) in [6.45, 7) is 1.24. The van der Waals surface area contributed by atoms with E-state index in [2.05, 4.69) is 15.6 Å². The van der Waals surface area contributed by atoms with Gasteiger partial charge in [-0.05, 0) is 12.8 Å². The molecule has 2 rings (SSSR count). The van der Waals surface area contributed by atoms with Crippen LogP contribution in [0.4, 0.5) is 5.69 Å². The van der Waals surface area contributed by atoms with Crippen molar-refractivity contribution in [2.75, 3.05) is 13.1 Å². The number of hydrogen-bond donors (Lipinski definition) is 3. The topological polar surface area (TPSA) is 100 Å². The Kier molecular flexibility index (Phi) is 3.38. The minimum atomic E-state index is -0.540. The third-order valence-electron chi connectivity index (χ3n) is 2.54. The number of amides is 1. The number of aromatic nitrogens is 1. The van der Waals surface area contributed by atoms with Gasteiger partial charge in [-0.25, -0.2) is 0 Å². The van der Waals surface area contributed by atoms with E-state index in [1.54, 1.807) is 0 Å². The molecule has 1 aromatic rings. The summed E-state index contributed by atoms with van der Waals surface area (Å²) >= 11 is 0. The summed E-state index contributed by atoms with van der Waals surface area (Å²) in [5, 5.41) is 16.4. The SMILES string of the molecule is O=C(NCCNC1CC1)c1cc([N+](=O)[O-])c[nH]1. The molecule has 1 aliphatic rings. The Morgan fingerprint density at radius 1 is 1.53 bits per heavy atom. The molecule has 7 heteroatoms. The van der Waals surface area contributed by atoms with Crippen LogP contribution in [0.1, 0.15) is 23.3 Å². The molecule has 0 aliphatic heterocycles. The lowest BCUT2D eigenvalue weighted by atomic mass is 10.4. The van der Waals surface area contributed by atoms with E-state index in [1.807, 2.05) is 0 Å². The van der Waals surface area contributed by atoms with Crippen LogP contribution in [0.3, 0.4) is 0 Å². The third-order valence-corrected chi connectivity index (χ3v) is 2.54. The van der Waals surface area contributed by atoms with Crippen LogP contribution in [0, 0.1) is 10.1 Å². The van der Waals surface area contributed by atoms with Crippen LogP contribution in [0.5, 0.6) is 0 Å². The molecule has 0 spiro atoms. The maximum Gasteiger partial charge on any atom is 0.287 e. The van der Waals surface area contributed by atoms with Crippen LogP contribution in [0.25, 0.3) is 0 Å². The predicted octanol–water partition coefficient (Wildman–Crippen LogP) is 0.405. The molecule has 92 valence electrons. The van der Waals surface area contributed by atoms with Crippen molar-refractivity contribution in [2.24, 2.45) is 0 Å². The quantitative estimate of drug-likeness (QED) is 0.379. The van der Waals surface area contributed by atoms with Gasteiger partial charge in [0.05, 0.1) is 11.1 Å². The van der Waals surface area contributed by atoms with Gasteiger partial charge in [-0.2, -0.15) is 0 Å². The summed E-state index contributed by atoms with van der Waals surface area (Å²) in [4.78, 5) is 24.0. The molecule has 1 heterocycles. The van der Waals surface area contributed by atoms with Crippen molar-refractivity contribution in [1.29, 1.82) is 0 Å². The molecule has 0 unspecified atom stereocenters. The monoisotopic (exact) mass is 238 g/mol. The standard InChI is InChI=1S/C10H14N4O3/c15-10(12-4-3-11-7-1-2-7)9-5-8(6-13-9)14(16)17/h5-7,11,13H,1-4H2,(H,12,15). The summed E-state index contributed by atoms with van der Waals surface area (Å²) in [6, 6.07) is 1.84. The molecule has 3 N–H and O–H groups in total. The van der Waals surface area contributed by atoms with Gasteiger partial charge < -0.3 is 15.6 Å². The number of hydrogen-bond acceptors (Lipinski definition) is 4. The lowest BCUT2D eigenvalue weighted by Gasteiger charge is -2.04. The Balaban J connectivity index is 1.75. The van der Waals surface area contributed by atoms with Gasteiger partial charge in [0.25, 0.3) is 11.6 Å². The van der Waals surface area contributed by atoms with E-state index < -0.39 is 4.92 Å². The minimum Gasteiger partial charge on any atom is -0.351 e. The van der Waals surface area contributed by atoms with E-state index in [0.29, 0.717) is 12.6 Å². The zero-order chi connectivity index (χ0) is 12.3. The second kappa shape index (κ2) is 4.96. The fourth-order valence-corrected chi connectivity index (χ4v) is 1.45. The van der Waals surface area contributed by atoms with Gasteiger partial charge in [-0.15, -0.1) is 0 Å². The second-order valence-corrected chi connectivity index (χ2v) is 4.01. The fraction of sp³-hybridized carbons (Fsp3) is 0.500. The smallest absolute Gasteiger partial charge is 0.287 e. The molecule has 1 fully saturated rings. The van der Waals surface area contributed by atoms with Gasteiger partial charge >= 0.3 is 0 Å². The van der Waals surface area contributed by atoms with Crippen molar-refractivity contribution < 1.29 is 9.72 Å². The van der Waals surface area contributed by atoms with Crippen LogP contribution >= 0.6 is 0 Å². The van der Waals surface area contributed by atoms with Gasteiger partial charge in [0, 0.05) is 25.2 Å². The van der Waals surface area contributed by atoms with E-state index in [4.69, 9.17) is 0 Å². The second-order valence-electron chi connectivity index (χ2n) is 4.01. The average Bonchev–Trinajstić information content (AvgIpc) is 2.97. The zero-order valence-electron chi connectivity index (χ0n) is 9.23. The Morgan fingerprint density at radius 3 is 2.88 bits per heavy atom. The van der Waals surface area contributed by atoms with Crippen molar-refractivity contribution in [3.05, 3.63) is 28.1 Å². The van der Waals surface area contributed by atoms with E-state index >= 15 is 0 Å². The molecule has 1 saturated carbocycles. The van der Waals surface area contributed by atoms with E-state index in [1.165, 1.54) is 25.1 Å². The number of nitrogens with one attached hydrogen (secondary N) is 3. The number of nitrogens with zero attached hydrogens (tertiary/aromatic N) is 1. The Hall–Kier alpha value is -1.89. The third kappa shape index (κ3) is 3.28. The molecule has 0 saturated heterocycles. The van der Waals surface area contributed by atoms with E-state index in [9.17, 15) is 14.9 Å². The first-order valence-corrected chi connectivity index (χ1v) is 5.51. The lowest BCUT2D eigenvalue weighted by molar-refractivity contribution is -0.384. The highest BCUT2D eigenvalue weighted by atomic mass is 16.6. The summed E-state index contributed by atoms with van der Waals surface area (Å²) in [6.07, 6.45) is 3.62. The largest absolute Gasteiger partial charge is 0.351 e. The Labute approximate surface area is 97.7 Å². The fourth-order valence-electron chi connectivity index (χ4n) is 1.45. The lowest BCUT2D eigenvalue weighted by Crippen LogP contribution is -2.32. The Morgan fingerprint density at radius 2 is 2.29 bits per heavy atom. The molecular formula is C10H14N4O3. The molecule has 0 atom stereocenters. The van der Waals surface area contributed by atoms with Crippen molar-refractivity contribution >= 4 is 11.6 Å². The van der Waals surface area contributed by atoms with Crippen molar-refractivity contribution in [3.63, 3.8) is 0 Å². The van der Waals surface area contributed by atoms with Gasteiger partial charge in [-0.3, -0.25) is 14.9 Å². The number of H-pyrrole nitrogens is 1. The number of aromatic amines is 1. The molecule has 17 heavy (non-hydrogen) atoms. The molecule has 0 radical (unpaired) electrons. The molecule has 1 amide bonds. The minimum absolute atomic E-state index is 0.105. The molecule has 1 aromatic heterocycles. The average molecular weight is 238 g/mol. The first-order chi connectivity index (χ1) is 8.16. The first kappa shape index (κ1) is 11.6. The summed E-state index contributed by atoms with van der Waals surface area (Å²) in [5.74, 6) is -0.323. The molecule has 0 bridgehead atoms. The van der Waals surface area contributed by atoms with Crippen LogP contribution < -0.4 is 10.6 Å². The van der Waals surface area contributed by atoms with Crippen molar-refractivity contribution in [2.45, 2.75) is 18.9 Å². The predicted molar refractivity (Wildman–Crippen MR) is 60.8 cm³/mol. The number of rotatable bonds is 6. The van der Waals surface area contributed by atoms with Crippen LogP contribution in [0.15, 0.2) is 12.3 Å². The number of carbonyl (C=O) groups excluding carboxylic acids is 1. The van der Waals surface area contributed by atoms with Gasteiger partial charge in [0.1, 0.15) is 5.69 Å². The highest BCUT2D eigenvalue weighted by Gasteiger charge is 2.19. The van der Waals surface area contributed by atoms with Gasteiger partial charge in [-0.1, -0.05) is 0 Å². The van der Waals surface area contributed by atoms with Crippen LogP contribution in [0.2, 0.25) is 0 Å². The maximum atomic E-state index is 11.5. The number of carbonyl (C=O) groups is 1. The van der Waals surface area contributed by atoms with E-state index in [-0.39, 0.29) is 17.3 Å². The van der Waals surface area contributed by atoms with Crippen molar-refractivity contribution in [3.8, 4) is 0 Å². The first-order valence-electron chi connectivity index (χ1n) is 5.51. The molecule has 7 nitrogen and oxygen atoms in total. The van der Waals surface area contributed by atoms with Crippen molar-refractivity contribution in [1.82, 2.24) is 15.6 Å². The Bertz CT molecular complexity index is 425. The van der Waals surface area contributed by atoms with Gasteiger partial charge in [0.2, 0.25) is 0 Å². The summed E-state index contributed by atoms with van der Waals surface area (Å²) in [7, 11) is 0. The van der Waals surface area contributed by atoms with Gasteiger partial charge in [0.15, 0.2) is 0 Å². The highest BCUT2D eigenvalue weighted by Crippen LogP contribution is 2.17. The molecule has 1 aliphatic carbocycles. The normalized spacial score (nSPS) is 14.6. The molecule has 0 aromatic carbocycles. The maximum absolute atomic E-state index is 11.5. The zero-order valence-corrected chi connectivity index (χ0v) is 9.23.